The van der Waals surface area contributed by atoms with Crippen molar-refractivity contribution in [1.29, 1.82) is 0 Å². The van der Waals surface area contributed by atoms with Crippen LogP contribution in [0.15, 0.2) is 30.3 Å². The molecule has 0 spiro atoms. The van der Waals surface area contributed by atoms with Gasteiger partial charge in [-0.1, -0.05) is 0 Å². The molecular weight excluding hydrogens is 278 g/mol. The predicted octanol–water partition coefficient (Wildman–Crippen LogP) is 0.851. The van der Waals surface area contributed by atoms with Gasteiger partial charge in [0.05, 0.1) is 0 Å². The van der Waals surface area contributed by atoms with Crippen LogP contribution in [-0.2, 0) is 0 Å². The molecule has 1 aromatic heterocycles. The number of anilines is 2. The van der Waals surface area contributed by atoms with Crippen LogP contribution in [0.4, 0.5) is 16.3 Å². The second-order valence-electron chi connectivity index (χ2n) is 3.99. The first-order chi connectivity index (χ1) is 9.95. The van der Waals surface area contributed by atoms with Gasteiger partial charge in [-0.2, -0.15) is 5.10 Å². The van der Waals surface area contributed by atoms with Gasteiger partial charge >= 0.3 is 12.0 Å². The summed E-state index contributed by atoms with van der Waals surface area (Å²) in [4.78, 5) is 33.2. The number of carboxylic acids is 1. The summed E-state index contributed by atoms with van der Waals surface area (Å²) in [6.07, 6.45) is 0. The molecule has 6 N–H and O–H groups in total. The fourth-order valence-corrected chi connectivity index (χ4v) is 1.53. The number of H-pyrrole nitrogens is 1. The average Bonchev–Trinajstić information content (AvgIpc) is 2.87. The standard InChI is InChI=1S/C12H11N5O4/c13-12(21)14-7-3-1-6(2-4-7)10(18)15-9-5-8(11(19)20)16-17-9/h1-5H,(H,19,20)(H3,13,14,21)(H2,15,16,17,18). The van der Waals surface area contributed by atoms with Crippen molar-refractivity contribution >= 4 is 29.4 Å². The molecule has 0 fully saturated rings. The predicted molar refractivity (Wildman–Crippen MR) is 73.1 cm³/mol. The number of nitrogens with two attached hydrogens (primary N) is 1. The van der Waals surface area contributed by atoms with E-state index in [1.165, 1.54) is 30.3 Å². The normalized spacial score (nSPS) is 9.90. The van der Waals surface area contributed by atoms with Gasteiger partial charge in [-0.15, -0.1) is 0 Å². The summed E-state index contributed by atoms with van der Waals surface area (Å²) in [6, 6.07) is 6.46. The minimum atomic E-state index is -1.18. The molecule has 0 aliphatic rings. The number of carbonyl (C=O) groups is 3. The van der Waals surface area contributed by atoms with Gasteiger partial charge in [-0.3, -0.25) is 9.89 Å². The summed E-state index contributed by atoms with van der Waals surface area (Å²) in [7, 11) is 0. The number of carbonyl (C=O) groups excluding carboxylic acids is 2. The van der Waals surface area contributed by atoms with Crippen LogP contribution in [0.2, 0.25) is 0 Å². The van der Waals surface area contributed by atoms with Crippen LogP contribution in [0.5, 0.6) is 0 Å². The van der Waals surface area contributed by atoms with E-state index in [0.717, 1.165) is 0 Å². The Morgan fingerprint density at radius 3 is 2.33 bits per heavy atom. The van der Waals surface area contributed by atoms with Crippen molar-refractivity contribution < 1.29 is 19.5 Å². The molecule has 1 heterocycles. The van der Waals surface area contributed by atoms with Crippen LogP contribution in [-0.4, -0.2) is 33.2 Å². The minimum absolute atomic E-state index is 0.0942. The molecule has 108 valence electrons. The number of nitrogens with one attached hydrogen (secondary N) is 3. The molecule has 0 saturated heterocycles. The van der Waals surface area contributed by atoms with Crippen molar-refractivity contribution in [2.75, 3.05) is 10.6 Å². The van der Waals surface area contributed by atoms with Gasteiger partial charge < -0.3 is 21.5 Å². The number of urea groups is 1. The number of benzene rings is 1. The minimum Gasteiger partial charge on any atom is -0.477 e. The lowest BCUT2D eigenvalue weighted by Gasteiger charge is -2.04. The number of hydrogen-bond acceptors (Lipinski definition) is 4. The third kappa shape index (κ3) is 3.56. The summed E-state index contributed by atoms with van der Waals surface area (Å²) in [6.45, 7) is 0. The monoisotopic (exact) mass is 289 g/mol. The lowest BCUT2D eigenvalue weighted by Crippen LogP contribution is -2.19. The van der Waals surface area contributed by atoms with Gasteiger partial charge in [0.1, 0.15) is 5.69 Å². The van der Waals surface area contributed by atoms with Crippen LogP contribution < -0.4 is 16.4 Å². The molecule has 0 bridgehead atoms. The first kappa shape index (κ1) is 14.1. The van der Waals surface area contributed by atoms with E-state index in [1.807, 2.05) is 0 Å². The zero-order chi connectivity index (χ0) is 15.4. The highest BCUT2D eigenvalue weighted by molar-refractivity contribution is 6.04. The number of aromatic carboxylic acids is 1. The zero-order valence-corrected chi connectivity index (χ0v) is 10.6. The summed E-state index contributed by atoms with van der Waals surface area (Å²) in [5.74, 6) is -1.55. The smallest absolute Gasteiger partial charge is 0.353 e. The molecule has 2 aromatic rings. The molecule has 9 nitrogen and oxygen atoms in total. The van der Waals surface area contributed by atoms with E-state index in [9.17, 15) is 14.4 Å². The number of rotatable bonds is 4. The molecule has 2 rings (SSSR count). The Kier molecular flexibility index (Phi) is 3.84. The van der Waals surface area contributed by atoms with E-state index >= 15 is 0 Å². The van der Waals surface area contributed by atoms with Crippen molar-refractivity contribution in [2.45, 2.75) is 0 Å². The van der Waals surface area contributed by atoms with Gasteiger partial charge in [0, 0.05) is 17.3 Å². The molecule has 3 amide bonds. The van der Waals surface area contributed by atoms with Crippen molar-refractivity contribution in [3.05, 3.63) is 41.6 Å². The van der Waals surface area contributed by atoms with E-state index in [0.29, 0.717) is 11.3 Å². The molecule has 0 unspecified atom stereocenters. The quantitative estimate of drug-likeness (QED) is 0.565. The van der Waals surface area contributed by atoms with Crippen LogP contribution in [0, 0.1) is 0 Å². The molecule has 21 heavy (non-hydrogen) atoms. The zero-order valence-electron chi connectivity index (χ0n) is 10.6. The fraction of sp³-hybridized carbons (Fsp3) is 0. The van der Waals surface area contributed by atoms with Crippen LogP contribution in [0.3, 0.4) is 0 Å². The Bertz CT molecular complexity index is 692. The lowest BCUT2D eigenvalue weighted by atomic mass is 10.2. The highest BCUT2D eigenvalue weighted by Crippen LogP contribution is 2.12. The molecular formula is C12H11N5O4. The fourth-order valence-electron chi connectivity index (χ4n) is 1.53. The van der Waals surface area contributed by atoms with Gasteiger partial charge in [0.15, 0.2) is 5.82 Å². The Hall–Kier alpha value is -3.36. The van der Waals surface area contributed by atoms with E-state index in [2.05, 4.69) is 20.8 Å². The Labute approximate surface area is 118 Å². The number of hydrogen-bond donors (Lipinski definition) is 5. The van der Waals surface area contributed by atoms with E-state index in [1.54, 1.807) is 0 Å². The number of amides is 3. The van der Waals surface area contributed by atoms with Crippen molar-refractivity contribution in [3.63, 3.8) is 0 Å². The van der Waals surface area contributed by atoms with Crippen molar-refractivity contribution in [1.82, 2.24) is 10.2 Å². The second-order valence-corrected chi connectivity index (χ2v) is 3.99. The van der Waals surface area contributed by atoms with Gasteiger partial charge in [-0.25, -0.2) is 9.59 Å². The first-order valence-corrected chi connectivity index (χ1v) is 5.72. The number of aromatic amines is 1. The molecule has 0 atom stereocenters. The molecule has 1 aromatic carbocycles. The van der Waals surface area contributed by atoms with Crippen molar-refractivity contribution in [3.8, 4) is 0 Å². The van der Waals surface area contributed by atoms with Gasteiger partial charge in [0.25, 0.3) is 5.91 Å². The highest BCUT2D eigenvalue weighted by Gasteiger charge is 2.11. The maximum absolute atomic E-state index is 11.9. The first-order valence-electron chi connectivity index (χ1n) is 5.72. The molecule has 0 aliphatic carbocycles. The third-order valence-electron chi connectivity index (χ3n) is 2.46. The highest BCUT2D eigenvalue weighted by atomic mass is 16.4. The maximum atomic E-state index is 11.9. The largest absolute Gasteiger partial charge is 0.477 e. The summed E-state index contributed by atoms with van der Waals surface area (Å²) < 4.78 is 0. The number of aromatic nitrogens is 2. The Morgan fingerprint density at radius 1 is 1.14 bits per heavy atom. The molecule has 9 heteroatoms. The van der Waals surface area contributed by atoms with Gasteiger partial charge in [-0.05, 0) is 24.3 Å². The van der Waals surface area contributed by atoms with Crippen LogP contribution in [0.1, 0.15) is 20.8 Å². The van der Waals surface area contributed by atoms with Crippen molar-refractivity contribution in [2.24, 2.45) is 5.73 Å². The number of primary amides is 1. The molecule has 0 radical (unpaired) electrons. The maximum Gasteiger partial charge on any atom is 0.353 e. The van der Waals surface area contributed by atoms with Crippen LogP contribution >= 0.6 is 0 Å². The average molecular weight is 289 g/mol. The van der Waals surface area contributed by atoms with E-state index in [-0.39, 0.29) is 11.5 Å². The summed E-state index contributed by atoms with van der Waals surface area (Å²) in [5, 5.41) is 19.4. The summed E-state index contributed by atoms with van der Waals surface area (Å²) in [5.41, 5.74) is 5.59. The second kappa shape index (κ2) is 5.74. The van der Waals surface area contributed by atoms with E-state index in [4.69, 9.17) is 10.8 Å². The Balaban J connectivity index is 2.05. The third-order valence-corrected chi connectivity index (χ3v) is 2.46. The summed E-state index contributed by atoms with van der Waals surface area (Å²) >= 11 is 0. The molecule has 0 aliphatic heterocycles. The molecule has 0 saturated carbocycles. The Morgan fingerprint density at radius 2 is 1.81 bits per heavy atom. The lowest BCUT2D eigenvalue weighted by molar-refractivity contribution is 0.0690. The van der Waals surface area contributed by atoms with Gasteiger partial charge in [0.2, 0.25) is 0 Å². The SMILES string of the molecule is NC(=O)Nc1ccc(C(=O)Nc2cc(C(=O)O)[nH]n2)cc1. The number of nitrogens with zero attached hydrogens (tertiary/aromatic N) is 1. The number of carboxylic acid groups (broad SMARTS) is 1. The van der Waals surface area contributed by atoms with E-state index < -0.39 is 17.9 Å². The topological polar surface area (TPSA) is 150 Å². The van der Waals surface area contributed by atoms with Crippen LogP contribution in [0.25, 0.3) is 0 Å².